The Balaban J connectivity index is 1.79. The number of benzene rings is 1. The number of H-pyrrole nitrogens is 1. The van der Waals surface area contributed by atoms with Gasteiger partial charge < -0.3 is 9.40 Å². The minimum absolute atomic E-state index is 0.0750. The molecular formula is C26H34N6O2. The Hall–Kier alpha value is -3.26. The summed E-state index contributed by atoms with van der Waals surface area (Å²) >= 11 is 0. The summed E-state index contributed by atoms with van der Waals surface area (Å²) in [7, 11) is 0. The summed E-state index contributed by atoms with van der Waals surface area (Å²) < 4.78 is 7.61. The zero-order valence-corrected chi connectivity index (χ0v) is 20.9. The smallest absolute Gasteiger partial charge is 0.252 e. The van der Waals surface area contributed by atoms with Gasteiger partial charge in [-0.2, -0.15) is 0 Å². The lowest BCUT2D eigenvalue weighted by Crippen LogP contribution is -2.36. The number of aromatic amines is 1. The first-order valence-electron chi connectivity index (χ1n) is 11.9. The van der Waals surface area contributed by atoms with Crippen molar-refractivity contribution in [2.75, 3.05) is 0 Å². The van der Waals surface area contributed by atoms with Crippen molar-refractivity contribution in [2.45, 2.75) is 79.1 Å². The van der Waals surface area contributed by atoms with Crippen molar-refractivity contribution >= 4 is 10.9 Å². The predicted octanol–water partition coefficient (Wildman–Crippen LogP) is 5.02. The van der Waals surface area contributed by atoms with Crippen LogP contribution in [0.1, 0.15) is 74.9 Å². The molecule has 180 valence electrons. The van der Waals surface area contributed by atoms with Gasteiger partial charge in [0.2, 0.25) is 0 Å². The maximum absolute atomic E-state index is 13.2. The Morgan fingerprint density at radius 2 is 1.91 bits per heavy atom. The van der Waals surface area contributed by atoms with E-state index >= 15 is 0 Å². The molecular weight excluding hydrogens is 428 g/mol. The van der Waals surface area contributed by atoms with Crippen LogP contribution in [-0.4, -0.2) is 30.1 Å². The standard InChI is InChI=1S/C26H34N6O2/c1-7-22(24-28-29-30-32(24)26(5,6)8-2)31(16-20-10-9-13-34-20)15-19-14-21-17(3)11-12-18(4)23(21)27-25(19)33/h9-14,22H,7-8,15-16H2,1-6H3,(H,27,33). The number of nitrogens with one attached hydrogen (secondary N) is 1. The average molecular weight is 463 g/mol. The Labute approximate surface area is 200 Å². The van der Waals surface area contributed by atoms with Crippen molar-refractivity contribution in [1.29, 1.82) is 0 Å². The normalized spacial score (nSPS) is 13.1. The second-order valence-electron chi connectivity index (χ2n) is 9.64. The number of hydrogen-bond donors (Lipinski definition) is 1. The van der Waals surface area contributed by atoms with Crippen LogP contribution >= 0.6 is 0 Å². The molecule has 4 rings (SSSR count). The monoisotopic (exact) mass is 462 g/mol. The maximum Gasteiger partial charge on any atom is 0.252 e. The molecule has 1 aromatic carbocycles. The van der Waals surface area contributed by atoms with E-state index in [0.717, 1.165) is 46.5 Å². The second kappa shape index (κ2) is 9.54. The molecule has 8 nitrogen and oxygen atoms in total. The zero-order valence-electron chi connectivity index (χ0n) is 20.9. The van der Waals surface area contributed by atoms with Crippen molar-refractivity contribution in [3.63, 3.8) is 0 Å². The van der Waals surface area contributed by atoms with Crippen molar-refractivity contribution in [2.24, 2.45) is 0 Å². The van der Waals surface area contributed by atoms with Crippen LogP contribution in [0.5, 0.6) is 0 Å². The van der Waals surface area contributed by atoms with Gasteiger partial charge in [-0.15, -0.1) is 5.10 Å². The van der Waals surface area contributed by atoms with Gasteiger partial charge in [0.05, 0.1) is 29.9 Å². The summed E-state index contributed by atoms with van der Waals surface area (Å²) in [5, 5.41) is 13.9. The van der Waals surface area contributed by atoms with Crippen molar-refractivity contribution in [1.82, 2.24) is 30.1 Å². The lowest BCUT2D eigenvalue weighted by atomic mass is 10.0. The van der Waals surface area contributed by atoms with E-state index in [1.807, 2.05) is 35.9 Å². The Bertz CT molecular complexity index is 1320. The van der Waals surface area contributed by atoms with Gasteiger partial charge in [0.1, 0.15) is 5.76 Å². The lowest BCUT2D eigenvalue weighted by Gasteiger charge is -2.32. The molecule has 0 aliphatic rings. The van der Waals surface area contributed by atoms with Gasteiger partial charge in [-0.25, -0.2) is 4.68 Å². The highest BCUT2D eigenvalue weighted by Crippen LogP contribution is 2.30. The quantitative estimate of drug-likeness (QED) is 0.375. The first-order valence-corrected chi connectivity index (χ1v) is 11.9. The number of furan rings is 1. The topological polar surface area (TPSA) is 92.8 Å². The molecule has 8 heteroatoms. The van der Waals surface area contributed by atoms with Gasteiger partial charge in [0, 0.05) is 17.5 Å². The van der Waals surface area contributed by atoms with E-state index in [2.05, 4.69) is 66.1 Å². The van der Waals surface area contributed by atoms with Gasteiger partial charge in [-0.1, -0.05) is 26.0 Å². The minimum Gasteiger partial charge on any atom is -0.468 e. The molecule has 34 heavy (non-hydrogen) atoms. The molecule has 0 radical (unpaired) electrons. The fraction of sp³-hybridized carbons (Fsp3) is 0.462. The highest BCUT2D eigenvalue weighted by atomic mass is 16.3. The number of hydrogen-bond acceptors (Lipinski definition) is 6. The van der Waals surface area contributed by atoms with Crippen molar-refractivity contribution in [3.05, 3.63) is 75.2 Å². The highest BCUT2D eigenvalue weighted by molar-refractivity contribution is 5.85. The first kappa shape index (κ1) is 23.9. The number of tetrazole rings is 1. The minimum atomic E-state index is -0.225. The number of fused-ring (bicyclic) bond motifs is 1. The van der Waals surface area contributed by atoms with Crippen LogP contribution in [-0.2, 0) is 18.6 Å². The van der Waals surface area contributed by atoms with E-state index in [-0.39, 0.29) is 17.1 Å². The molecule has 0 aliphatic carbocycles. The third kappa shape index (κ3) is 4.55. The van der Waals surface area contributed by atoms with Crippen LogP contribution in [0.25, 0.3) is 10.9 Å². The Morgan fingerprint density at radius 3 is 2.59 bits per heavy atom. The zero-order chi connectivity index (χ0) is 24.5. The van der Waals surface area contributed by atoms with Gasteiger partial charge in [-0.05, 0) is 80.3 Å². The number of pyridine rings is 1. The van der Waals surface area contributed by atoms with E-state index in [0.29, 0.717) is 18.7 Å². The molecule has 0 saturated heterocycles. The second-order valence-corrected chi connectivity index (χ2v) is 9.64. The molecule has 0 aliphatic heterocycles. The van der Waals surface area contributed by atoms with E-state index < -0.39 is 0 Å². The van der Waals surface area contributed by atoms with Crippen LogP contribution in [0.4, 0.5) is 0 Å². The van der Waals surface area contributed by atoms with Gasteiger partial charge in [0.25, 0.3) is 5.56 Å². The van der Waals surface area contributed by atoms with Gasteiger partial charge >= 0.3 is 0 Å². The van der Waals surface area contributed by atoms with Gasteiger partial charge in [-0.3, -0.25) is 9.69 Å². The highest BCUT2D eigenvalue weighted by Gasteiger charge is 2.31. The Morgan fingerprint density at radius 1 is 1.15 bits per heavy atom. The third-order valence-corrected chi connectivity index (χ3v) is 6.89. The van der Waals surface area contributed by atoms with Crippen LogP contribution in [0.15, 0.2) is 45.8 Å². The van der Waals surface area contributed by atoms with E-state index in [1.54, 1.807) is 6.26 Å². The third-order valence-electron chi connectivity index (χ3n) is 6.89. The van der Waals surface area contributed by atoms with Crippen LogP contribution in [0.3, 0.4) is 0 Å². The average Bonchev–Trinajstić information content (AvgIpc) is 3.50. The molecule has 0 fully saturated rings. The Kier molecular flexibility index (Phi) is 6.70. The number of rotatable bonds is 9. The summed E-state index contributed by atoms with van der Waals surface area (Å²) in [5.41, 5.74) is 3.50. The molecule has 4 aromatic rings. The first-order chi connectivity index (χ1) is 16.2. The molecule has 3 heterocycles. The fourth-order valence-electron chi connectivity index (χ4n) is 4.42. The number of aromatic nitrogens is 5. The summed E-state index contributed by atoms with van der Waals surface area (Å²) in [6.45, 7) is 13.6. The van der Waals surface area contributed by atoms with Crippen LogP contribution in [0.2, 0.25) is 0 Å². The summed E-state index contributed by atoms with van der Waals surface area (Å²) in [5.74, 6) is 1.63. The molecule has 0 amide bonds. The van der Waals surface area contributed by atoms with Crippen molar-refractivity contribution in [3.8, 4) is 0 Å². The van der Waals surface area contributed by atoms with Gasteiger partial charge in [0.15, 0.2) is 5.82 Å². The van der Waals surface area contributed by atoms with Crippen LogP contribution in [0, 0.1) is 13.8 Å². The number of nitrogens with zero attached hydrogens (tertiary/aromatic N) is 5. The summed E-state index contributed by atoms with van der Waals surface area (Å²) in [4.78, 5) is 18.5. The molecule has 1 unspecified atom stereocenters. The molecule has 1 atom stereocenters. The van der Waals surface area contributed by atoms with E-state index in [4.69, 9.17) is 4.42 Å². The molecule has 0 spiro atoms. The SMILES string of the molecule is CCC(c1nnnn1C(C)(C)CC)N(Cc1ccco1)Cc1cc2c(C)ccc(C)c2[nH]c1=O. The van der Waals surface area contributed by atoms with Crippen LogP contribution < -0.4 is 5.56 Å². The molecule has 1 N–H and O–H groups in total. The molecule has 3 aromatic heterocycles. The number of aryl methyl sites for hydroxylation is 2. The summed E-state index contributed by atoms with van der Waals surface area (Å²) in [6.07, 6.45) is 3.35. The fourth-order valence-corrected chi connectivity index (χ4v) is 4.42. The summed E-state index contributed by atoms with van der Waals surface area (Å²) in [6, 6.07) is 9.90. The lowest BCUT2D eigenvalue weighted by molar-refractivity contribution is 0.140. The van der Waals surface area contributed by atoms with Crippen molar-refractivity contribution < 1.29 is 4.42 Å². The maximum atomic E-state index is 13.2. The van der Waals surface area contributed by atoms with E-state index in [1.165, 1.54) is 0 Å². The molecule has 0 saturated carbocycles. The molecule has 0 bridgehead atoms. The predicted molar refractivity (Wildman–Crippen MR) is 132 cm³/mol. The largest absolute Gasteiger partial charge is 0.468 e. The van der Waals surface area contributed by atoms with E-state index in [9.17, 15) is 4.79 Å².